The van der Waals surface area contributed by atoms with Crippen molar-refractivity contribution in [2.45, 2.75) is 17.8 Å². The number of nitrogens with two attached hydrogens (primary N) is 2. The summed E-state index contributed by atoms with van der Waals surface area (Å²) in [5.74, 6) is 0. The minimum absolute atomic E-state index is 0.433. The lowest BCUT2D eigenvalue weighted by molar-refractivity contribution is -0.288. The van der Waals surface area contributed by atoms with E-state index in [1.807, 2.05) is 0 Å². The Kier molecular flexibility index (Phi) is 4.82. The van der Waals surface area contributed by atoms with Gasteiger partial charge in [-0.25, -0.2) is 0 Å². The molecular weight excluding hydrogens is 393 g/mol. The summed E-state index contributed by atoms with van der Waals surface area (Å²) in [6.45, 7) is 0. The van der Waals surface area contributed by atoms with Crippen molar-refractivity contribution in [2.75, 3.05) is 11.5 Å². The number of benzene rings is 2. The van der Waals surface area contributed by atoms with E-state index in [1.165, 1.54) is 0 Å². The molecule has 0 aromatic heterocycles. The number of anilines is 2. The SMILES string of the molecule is Nc1cccc(C(c2cccc(N)c2Cl)(C(F)(F)F)C(F)(F)F)c1Cl. The van der Waals surface area contributed by atoms with Crippen LogP contribution < -0.4 is 11.5 Å². The van der Waals surface area contributed by atoms with Crippen LogP contribution >= 0.6 is 23.2 Å². The second-order valence-corrected chi connectivity index (χ2v) is 5.92. The van der Waals surface area contributed by atoms with E-state index >= 15 is 0 Å². The highest BCUT2D eigenvalue weighted by Crippen LogP contribution is 2.59. The Morgan fingerprint density at radius 1 is 0.640 bits per heavy atom. The molecule has 0 bridgehead atoms. The Balaban J connectivity index is 3.09. The molecule has 4 N–H and O–H groups in total. The molecule has 2 aromatic carbocycles. The number of halogens is 8. The third-order valence-corrected chi connectivity index (χ3v) is 4.56. The highest BCUT2D eigenvalue weighted by molar-refractivity contribution is 6.35. The maximum Gasteiger partial charge on any atom is 0.411 e. The molecule has 0 atom stereocenters. The van der Waals surface area contributed by atoms with Crippen molar-refractivity contribution in [3.05, 3.63) is 57.6 Å². The number of hydrogen-bond donors (Lipinski definition) is 2. The van der Waals surface area contributed by atoms with Crippen molar-refractivity contribution < 1.29 is 26.3 Å². The van der Waals surface area contributed by atoms with Crippen LogP contribution in [-0.4, -0.2) is 12.4 Å². The molecule has 10 heteroatoms. The van der Waals surface area contributed by atoms with Gasteiger partial charge in [-0.2, -0.15) is 26.3 Å². The zero-order valence-electron chi connectivity index (χ0n) is 12.1. The lowest BCUT2D eigenvalue weighted by Crippen LogP contribution is -2.55. The zero-order valence-corrected chi connectivity index (χ0v) is 13.7. The molecule has 0 fully saturated rings. The van der Waals surface area contributed by atoms with Gasteiger partial charge in [-0.15, -0.1) is 0 Å². The lowest BCUT2D eigenvalue weighted by atomic mass is 9.72. The fourth-order valence-electron chi connectivity index (χ4n) is 2.60. The van der Waals surface area contributed by atoms with E-state index in [0.29, 0.717) is 12.1 Å². The lowest BCUT2D eigenvalue weighted by Gasteiger charge is -2.39. The van der Waals surface area contributed by atoms with Gasteiger partial charge >= 0.3 is 12.4 Å². The van der Waals surface area contributed by atoms with Gasteiger partial charge < -0.3 is 11.5 Å². The first kappa shape index (κ1) is 19.5. The fourth-order valence-corrected chi connectivity index (χ4v) is 3.13. The molecule has 0 amide bonds. The maximum absolute atomic E-state index is 13.9. The van der Waals surface area contributed by atoms with Gasteiger partial charge in [0.2, 0.25) is 5.41 Å². The quantitative estimate of drug-likeness (QED) is 0.509. The van der Waals surface area contributed by atoms with Crippen molar-refractivity contribution in [1.29, 1.82) is 0 Å². The molecule has 0 unspecified atom stereocenters. The molecule has 25 heavy (non-hydrogen) atoms. The van der Waals surface area contributed by atoms with Gasteiger partial charge in [0.1, 0.15) is 0 Å². The number of alkyl halides is 6. The highest BCUT2D eigenvalue weighted by Gasteiger charge is 2.73. The van der Waals surface area contributed by atoms with Crippen LogP contribution in [0.4, 0.5) is 37.7 Å². The van der Waals surface area contributed by atoms with Crippen LogP contribution in [0, 0.1) is 0 Å². The van der Waals surface area contributed by atoms with Gasteiger partial charge in [0.25, 0.3) is 0 Å². The largest absolute Gasteiger partial charge is 0.411 e. The Morgan fingerprint density at radius 2 is 0.960 bits per heavy atom. The van der Waals surface area contributed by atoms with Gasteiger partial charge in [-0.3, -0.25) is 0 Å². The monoisotopic (exact) mass is 402 g/mol. The third-order valence-electron chi connectivity index (χ3n) is 3.72. The molecule has 2 rings (SSSR count). The highest BCUT2D eigenvalue weighted by atomic mass is 35.5. The van der Waals surface area contributed by atoms with Crippen LogP contribution in [0.15, 0.2) is 36.4 Å². The molecule has 0 aliphatic rings. The van der Waals surface area contributed by atoms with E-state index in [1.54, 1.807) is 0 Å². The maximum atomic E-state index is 13.9. The Labute approximate surface area is 148 Å². The van der Waals surface area contributed by atoms with E-state index in [2.05, 4.69) is 0 Å². The molecule has 0 spiro atoms. The van der Waals surface area contributed by atoms with Gasteiger partial charge in [-0.1, -0.05) is 47.5 Å². The standard InChI is InChI=1S/C15H10Cl2F6N2/c16-11-7(3-1-5-9(11)24)13(14(18,19)20,15(21,22)23)8-4-2-6-10(25)12(8)17/h1-6H,24-25H2. The smallest absolute Gasteiger partial charge is 0.398 e. The van der Waals surface area contributed by atoms with Crippen LogP contribution in [0.3, 0.4) is 0 Å². The Morgan fingerprint density at radius 3 is 1.24 bits per heavy atom. The predicted octanol–water partition coefficient (Wildman–Crippen LogP) is 5.57. The van der Waals surface area contributed by atoms with Crippen LogP contribution in [0.5, 0.6) is 0 Å². The normalized spacial score (nSPS) is 13.1. The number of nitrogen functional groups attached to an aromatic ring is 2. The van der Waals surface area contributed by atoms with Crippen molar-refractivity contribution in [3.8, 4) is 0 Å². The summed E-state index contributed by atoms with van der Waals surface area (Å²) < 4.78 is 83.7. The molecule has 136 valence electrons. The second kappa shape index (κ2) is 6.17. The first-order valence-electron chi connectivity index (χ1n) is 6.58. The molecule has 0 heterocycles. The topological polar surface area (TPSA) is 52.0 Å². The second-order valence-electron chi connectivity index (χ2n) is 5.16. The van der Waals surface area contributed by atoms with Crippen molar-refractivity contribution in [2.24, 2.45) is 0 Å². The third kappa shape index (κ3) is 2.87. The number of rotatable bonds is 2. The van der Waals surface area contributed by atoms with Gasteiger partial charge in [-0.05, 0) is 12.1 Å². The van der Waals surface area contributed by atoms with Crippen LogP contribution in [0.2, 0.25) is 10.0 Å². The molecule has 0 saturated heterocycles. The van der Waals surface area contributed by atoms with E-state index in [4.69, 9.17) is 34.7 Å². The minimum Gasteiger partial charge on any atom is -0.398 e. The van der Waals surface area contributed by atoms with Crippen molar-refractivity contribution >= 4 is 34.6 Å². The molecule has 0 aliphatic carbocycles. The molecule has 2 aromatic rings. The van der Waals surface area contributed by atoms with Gasteiger partial charge in [0, 0.05) is 11.1 Å². The summed E-state index contributed by atoms with van der Waals surface area (Å²) in [5, 5.41) is -1.73. The summed E-state index contributed by atoms with van der Waals surface area (Å²) in [7, 11) is 0. The molecule has 0 aliphatic heterocycles. The van der Waals surface area contributed by atoms with Crippen LogP contribution in [0.25, 0.3) is 0 Å². The summed E-state index contributed by atoms with van der Waals surface area (Å²) in [4.78, 5) is 0. The van der Waals surface area contributed by atoms with Crippen molar-refractivity contribution in [3.63, 3.8) is 0 Å². The minimum atomic E-state index is -5.83. The summed E-state index contributed by atoms with van der Waals surface area (Å²) >= 11 is 11.5. The summed E-state index contributed by atoms with van der Waals surface area (Å²) in [5.41, 5.74) is 2.93. The zero-order chi connectivity index (χ0) is 19.2. The van der Waals surface area contributed by atoms with E-state index in [0.717, 1.165) is 24.3 Å². The number of hydrogen-bond acceptors (Lipinski definition) is 2. The average Bonchev–Trinajstić information content (AvgIpc) is 2.45. The molecule has 0 radical (unpaired) electrons. The molecule has 2 nitrogen and oxygen atoms in total. The summed E-state index contributed by atoms with van der Waals surface area (Å²) in [6, 6.07) is 5.29. The summed E-state index contributed by atoms with van der Waals surface area (Å²) in [6.07, 6.45) is -11.7. The van der Waals surface area contributed by atoms with Crippen molar-refractivity contribution in [1.82, 2.24) is 0 Å². The van der Waals surface area contributed by atoms with E-state index in [9.17, 15) is 26.3 Å². The molecular formula is C15H10Cl2F6N2. The van der Waals surface area contributed by atoms with Gasteiger partial charge in [0.05, 0.1) is 21.4 Å². The first-order valence-corrected chi connectivity index (χ1v) is 7.33. The van der Waals surface area contributed by atoms with Gasteiger partial charge in [0.15, 0.2) is 0 Å². The Bertz CT molecular complexity index is 734. The molecule has 0 saturated carbocycles. The van der Waals surface area contributed by atoms with E-state index in [-0.39, 0.29) is 0 Å². The van der Waals surface area contributed by atoms with Crippen LogP contribution in [0.1, 0.15) is 11.1 Å². The average molecular weight is 403 g/mol. The first-order chi connectivity index (χ1) is 11.4. The van der Waals surface area contributed by atoms with Crippen LogP contribution in [-0.2, 0) is 5.41 Å². The Hall–Kier alpha value is -1.80. The fraction of sp³-hybridized carbons (Fsp3) is 0.200. The van der Waals surface area contributed by atoms with E-state index < -0.39 is 50.3 Å². The predicted molar refractivity (Wildman–Crippen MR) is 84.6 cm³/mol.